The van der Waals surface area contributed by atoms with Gasteiger partial charge < -0.3 is 20.7 Å². The van der Waals surface area contributed by atoms with Gasteiger partial charge in [-0.3, -0.25) is 4.79 Å². The molecule has 5 atom stereocenters. The van der Waals surface area contributed by atoms with Crippen molar-refractivity contribution < 1.29 is 9.53 Å². The minimum absolute atomic E-state index is 0.0284. The number of carbonyl (C=O) groups is 1. The first-order valence-corrected chi connectivity index (χ1v) is 8.18. The normalized spacial score (nSPS) is 45.8. The summed E-state index contributed by atoms with van der Waals surface area (Å²) < 4.78 is 5.77. The minimum atomic E-state index is -0.781. The van der Waals surface area contributed by atoms with Crippen molar-refractivity contribution in [3.63, 3.8) is 0 Å². The molecule has 0 aromatic rings. The van der Waals surface area contributed by atoms with Gasteiger partial charge in [0.25, 0.3) is 0 Å². The standard InChI is InChI=1S/C16H29N3O2/c1-10-9-19(4)7-5-12(10)18-14(20)16(17)11-6-8-21-13(11)15(16,2)3/h10-13H,5-9,17H2,1-4H3,(H,18,20). The molecule has 2 saturated heterocycles. The summed E-state index contributed by atoms with van der Waals surface area (Å²) in [6.45, 7) is 9.13. The van der Waals surface area contributed by atoms with Crippen molar-refractivity contribution in [3.8, 4) is 0 Å². The highest BCUT2D eigenvalue weighted by Crippen LogP contribution is 2.58. The Kier molecular flexibility index (Phi) is 3.58. The zero-order valence-corrected chi connectivity index (χ0v) is 13.7. The molecule has 2 heterocycles. The molecule has 3 N–H and O–H groups in total. The second kappa shape index (κ2) is 4.93. The molecule has 0 aromatic heterocycles. The summed E-state index contributed by atoms with van der Waals surface area (Å²) in [5.41, 5.74) is 5.53. The Balaban J connectivity index is 1.70. The van der Waals surface area contributed by atoms with Crippen LogP contribution in [0.4, 0.5) is 0 Å². The van der Waals surface area contributed by atoms with Crippen LogP contribution in [0.15, 0.2) is 0 Å². The lowest BCUT2D eigenvalue weighted by Gasteiger charge is -2.61. The van der Waals surface area contributed by atoms with Crippen LogP contribution in [0, 0.1) is 17.3 Å². The van der Waals surface area contributed by atoms with Gasteiger partial charge in [0.2, 0.25) is 5.91 Å². The minimum Gasteiger partial charge on any atom is -0.377 e. The smallest absolute Gasteiger partial charge is 0.241 e. The third kappa shape index (κ3) is 2.05. The van der Waals surface area contributed by atoms with E-state index in [2.05, 4.69) is 38.0 Å². The number of carbonyl (C=O) groups excluding carboxylic acids is 1. The van der Waals surface area contributed by atoms with E-state index in [-0.39, 0.29) is 29.4 Å². The molecular weight excluding hydrogens is 266 g/mol. The molecule has 3 rings (SSSR count). The number of nitrogens with two attached hydrogens (primary N) is 1. The number of hydrogen-bond acceptors (Lipinski definition) is 4. The van der Waals surface area contributed by atoms with E-state index in [0.29, 0.717) is 5.92 Å². The van der Waals surface area contributed by atoms with E-state index in [1.807, 2.05) is 0 Å². The molecule has 21 heavy (non-hydrogen) atoms. The molecule has 3 fully saturated rings. The molecule has 1 saturated carbocycles. The average Bonchev–Trinajstić information content (AvgIpc) is 2.89. The number of nitrogens with zero attached hydrogens (tertiary/aromatic N) is 1. The number of piperidine rings is 1. The number of rotatable bonds is 2. The van der Waals surface area contributed by atoms with Crippen LogP contribution in [-0.2, 0) is 9.53 Å². The van der Waals surface area contributed by atoms with Crippen molar-refractivity contribution >= 4 is 5.91 Å². The first-order valence-electron chi connectivity index (χ1n) is 8.18. The first-order chi connectivity index (χ1) is 9.78. The Bertz CT molecular complexity index is 439. The van der Waals surface area contributed by atoms with Gasteiger partial charge in [-0.25, -0.2) is 0 Å². The topological polar surface area (TPSA) is 67.6 Å². The molecule has 1 amide bonds. The average molecular weight is 295 g/mol. The fraction of sp³-hybridized carbons (Fsp3) is 0.938. The predicted octanol–water partition coefficient (Wildman–Crippen LogP) is 0.585. The maximum Gasteiger partial charge on any atom is 0.241 e. The van der Waals surface area contributed by atoms with Gasteiger partial charge >= 0.3 is 0 Å². The van der Waals surface area contributed by atoms with Crippen molar-refractivity contribution in [2.75, 3.05) is 26.7 Å². The third-order valence-electron chi connectivity index (χ3n) is 6.25. The fourth-order valence-electron chi connectivity index (χ4n) is 4.70. The lowest BCUT2D eigenvalue weighted by molar-refractivity contribution is -0.176. The fourth-order valence-corrected chi connectivity index (χ4v) is 4.70. The van der Waals surface area contributed by atoms with E-state index in [4.69, 9.17) is 10.5 Å². The van der Waals surface area contributed by atoms with Crippen LogP contribution in [0.5, 0.6) is 0 Å². The van der Waals surface area contributed by atoms with Crippen LogP contribution < -0.4 is 11.1 Å². The van der Waals surface area contributed by atoms with Gasteiger partial charge in [0.1, 0.15) is 5.54 Å². The van der Waals surface area contributed by atoms with Gasteiger partial charge in [-0.1, -0.05) is 20.8 Å². The summed E-state index contributed by atoms with van der Waals surface area (Å²) in [5.74, 6) is 0.671. The summed E-state index contributed by atoms with van der Waals surface area (Å²) in [4.78, 5) is 15.2. The summed E-state index contributed by atoms with van der Waals surface area (Å²) in [5, 5.41) is 3.25. The molecule has 0 spiro atoms. The van der Waals surface area contributed by atoms with Crippen LogP contribution >= 0.6 is 0 Å². The summed E-state index contributed by atoms with van der Waals surface area (Å²) in [6.07, 6.45) is 2.05. The molecule has 1 aliphatic carbocycles. The Morgan fingerprint density at radius 2 is 2.10 bits per heavy atom. The molecular formula is C16H29N3O2. The highest BCUT2D eigenvalue weighted by Gasteiger charge is 2.71. The molecule has 120 valence electrons. The molecule has 0 aromatic carbocycles. The van der Waals surface area contributed by atoms with Crippen LogP contribution in [0.2, 0.25) is 0 Å². The van der Waals surface area contributed by atoms with E-state index in [1.54, 1.807) is 0 Å². The van der Waals surface area contributed by atoms with Gasteiger partial charge in [0.15, 0.2) is 0 Å². The van der Waals surface area contributed by atoms with Gasteiger partial charge in [0.05, 0.1) is 6.10 Å². The molecule has 3 aliphatic rings. The number of fused-ring (bicyclic) bond motifs is 1. The van der Waals surface area contributed by atoms with Crippen LogP contribution in [-0.4, -0.2) is 55.2 Å². The van der Waals surface area contributed by atoms with Crippen molar-refractivity contribution in [2.24, 2.45) is 23.0 Å². The molecule has 5 unspecified atom stereocenters. The van der Waals surface area contributed by atoms with E-state index in [9.17, 15) is 4.79 Å². The van der Waals surface area contributed by atoms with Crippen LogP contribution in [0.3, 0.4) is 0 Å². The Morgan fingerprint density at radius 1 is 1.38 bits per heavy atom. The summed E-state index contributed by atoms with van der Waals surface area (Å²) in [6, 6.07) is 0.242. The number of likely N-dealkylation sites (tertiary alicyclic amines) is 1. The van der Waals surface area contributed by atoms with Crippen molar-refractivity contribution in [1.29, 1.82) is 0 Å². The molecule has 0 radical (unpaired) electrons. The molecule has 5 heteroatoms. The monoisotopic (exact) mass is 295 g/mol. The zero-order valence-electron chi connectivity index (χ0n) is 13.7. The highest BCUT2D eigenvalue weighted by molar-refractivity contribution is 5.89. The lowest BCUT2D eigenvalue weighted by atomic mass is 9.48. The Morgan fingerprint density at radius 3 is 2.76 bits per heavy atom. The van der Waals surface area contributed by atoms with E-state index >= 15 is 0 Å². The lowest BCUT2D eigenvalue weighted by Crippen LogP contribution is -2.80. The van der Waals surface area contributed by atoms with E-state index < -0.39 is 5.54 Å². The largest absolute Gasteiger partial charge is 0.377 e. The van der Waals surface area contributed by atoms with E-state index in [1.165, 1.54) is 0 Å². The van der Waals surface area contributed by atoms with Crippen molar-refractivity contribution in [2.45, 2.75) is 51.3 Å². The number of amides is 1. The predicted molar refractivity (Wildman–Crippen MR) is 81.8 cm³/mol. The molecule has 5 nitrogen and oxygen atoms in total. The zero-order chi connectivity index (χ0) is 15.4. The maximum atomic E-state index is 12.9. The number of hydrogen-bond donors (Lipinski definition) is 2. The van der Waals surface area contributed by atoms with Gasteiger partial charge in [0, 0.05) is 30.5 Å². The van der Waals surface area contributed by atoms with Gasteiger partial charge in [-0.2, -0.15) is 0 Å². The van der Waals surface area contributed by atoms with E-state index in [0.717, 1.165) is 32.5 Å². The second-order valence-corrected chi connectivity index (χ2v) is 7.89. The third-order valence-corrected chi connectivity index (χ3v) is 6.25. The summed E-state index contributed by atoms with van der Waals surface area (Å²) in [7, 11) is 2.13. The molecule has 0 bridgehead atoms. The number of ether oxygens (including phenoxy) is 1. The Hall–Kier alpha value is -0.650. The van der Waals surface area contributed by atoms with Crippen LogP contribution in [0.1, 0.15) is 33.6 Å². The Labute approximate surface area is 127 Å². The molecule has 2 aliphatic heterocycles. The number of nitrogens with one attached hydrogen (secondary N) is 1. The summed E-state index contributed by atoms with van der Waals surface area (Å²) >= 11 is 0. The van der Waals surface area contributed by atoms with Crippen molar-refractivity contribution in [1.82, 2.24) is 10.2 Å². The van der Waals surface area contributed by atoms with Gasteiger partial charge in [-0.15, -0.1) is 0 Å². The highest BCUT2D eigenvalue weighted by atomic mass is 16.5. The van der Waals surface area contributed by atoms with Crippen LogP contribution in [0.25, 0.3) is 0 Å². The first kappa shape index (κ1) is 15.3. The quantitative estimate of drug-likeness (QED) is 0.782. The van der Waals surface area contributed by atoms with Gasteiger partial charge in [-0.05, 0) is 32.4 Å². The SMILES string of the molecule is CC1CN(C)CCC1NC(=O)C1(N)C2CCOC2C1(C)C. The van der Waals surface area contributed by atoms with Crippen molar-refractivity contribution in [3.05, 3.63) is 0 Å². The maximum absolute atomic E-state index is 12.9. The second-order valence-electron chi connectivity index (χ2n) is 7.89.